The van der Waals surface area contributed by atoms with Crippen molar-refractivity contribution in [2.75, 3.05) is 65.7 Å². The lowest BCUT2D eigenvalue weighted by molar-refractivity contribution is -0.137. The first-order valence-electron chi connectivity index (χ1n) is 23.1. The minimum atomic E-state index is -0.666. The minimum absolute atomic E-state index is 0.232. The van der Waals surface area contributed by atoms with Crippen LogP contribution in [0.2, 0.25) is 0 Å². The molecular formula is C44H88N4O8. The van der Waals surface area contributed by atoms with Crippen molar-refractivity contribution in [1.82, 2.24) is 20.4 Å². The largest absolute Gasteiger partial charge is 0.392 e. The van der Waals surface area contributed by atoms with Gasteiger partial charge in [0.15, 0.2) is 0 Å². The van der Waals surface area contributed by atoms with E-state index in [0.717, 1.165) is 103 Å². The monoisotopic (exact) mass is 801 g/mol. The number of amides is 2. The fraction of sp³-hybridized carbons (Fsp3) is 0.955. The summed E-state index contributed by atoms with van der Waals surface area (Å²) in [6, 6.07) is -1.33. The molecular weight excluding hydrogens is 713 g/mol. The average molecular weight is 801 g/mol. The fourth-order valence-electron chi connectivity index (χ4n) is 7.37. The molecule has 1 heterocycles. The van der Waals surface area contributed by atoms with Crippen LogP contribution in [0.1, 0.15) is 169 Å². The van der Waals surface area contributed by atoms with Crippen molar-refractivity contribution in [3.05, 3.63) is 0 Å². The summed E-state index contributed by atoms with van der Waals surface area (Å²) in [6.45, 7) is 13.2. The molecule has 0 aliphatic carbocycles. The van der Waals surface area contributed by atoms with Gasteiger partial charge in [0.05, 0.1) is 37.6 Å². The van der Waals surface area contributed by atoms with Crippen LogP contribution in [-0.4, -0.2) is 144 Å². The second-order valence-electron chi connectivity index (χ2n) is 16.5. The second-order valence-corrected chi connectivity index (χ2v) is 16.5. The molecule has 1 saturated heterocycles. The molecule has 6 N–H and O–H groups in total. The Morgan fingerprint density at radius 3 is 1.02 bits per heavy atom. The van der Waals surface area contributed by atoms with Crippen LogP contribution in [0, 0.1) is 0 Å². The third-order valence-electron chi connectivity index (χ3n) is 10.9. The van der Waals surface area contributed by atoms with Crippen molar-refractivity contribution in [3.63, 3.8) is 0 Å². The maximum absolute atomic E-state index is 12.9. The smallest absolute Gasteiger partial charge is 0.243 e. The number of ether oxygens (including phenoxy) is 2. The molecule has 0 aromatic carbocycles. The van der Waals surface area contributed by atoms with E-state index in [1.54, 1.807) is 0 Å². The van der Waals surface area contributed by atoms with E-state index in [-0.39, 0.29) is 11.8 Å². The lowest BCUT2D eigenvalue weighted by Crippen LogP contribution is -2.62. The van der Waals surface area contributed by atoms with Crippen LogP contribution in [0.4, 0.5) is 0 Å². The Kier molecular flexibility index (Phi) is 33.4. The molecule has 1 aliphatic rings. The second kappa shape index (κ2) is 35.6. The number of carbonyl (C=O) groups excluding carboxylic acids is 2. The lowest BCUT2D eigenvalue weighted by atomic mass is 10.1. The maximum Gasteiger partial charge on any atom is 0.243 e. The molecule has 1 fully saturated rings. The number of piperazine rings is 1. The van der Waals surface area contributed by atoms with Gasteiger partial charge in [0, 0.05) is 52.5 Å². The highest BCUT2D eigenvalue weighted by atomic mass is 16.5. The van der Waals surface area contributed by atoms with Crippen LogP contribution in [0.3, 0.4) is 0 Å². The molecule has 0 bridgehead atoms. The molecule has 0 aromatic rings. The number of rotatable bonds is 40. The standard InChI is InChI=1S/C44H88N4O8/c1-5-9-13-17-21-37(49)33-47(34-38(50)22-18-14-10-6-2)27-31-55-29-25-41-43(53)46-42(44(54)45-41)26-30-56-32-28-48(35-39(51)23-19-15-11-7-3)36-40(52)24-20-16-12-8-4/h37-42,49-52H,5-36H2,1-4H3,(H,45,54)(H,46,53). The van der Waals surface area contributed by atoms with Gasteiger partial charge in [0.2, 0.25) is 11.8 Å². The summed E-state index contributed by atoms with van der Waals surface area (Å²) >= 11 is 0. The molecule has 12 heteroatoms. The molecule has 332 valence electrons. The van der Waals surface area contributed by atoms with Crippen molar-refractivity contribution >= 4 is 11.8 Å². The van der Waals surface area contributed by atoms with Crippen molar-refractivity contribution in [3.8, 4) is 0 Å². The van der Waals surface area contributed by atoms with E-state index in [1.807, 2.05) is 0 Å². The molecule has 12 nitrogen and oxygen atoms in total. The van der Waals surface area contributed by atoms with Gasteiger partial charge in [-0.3, -0.25) is 19.4 Å². The Balaban J connectivity index is 2.46. The van der Waals surface area contributed by atoms with E-state index in [0.29, 0.717) is 78.5 Å². The Morgan fingerprint density at radius 2 is 0.750 bits per heavy atom. The van der Waals surface area contributed by atoms with Crippen molar-refractivity contribution < 1.29 is 39.5 Å². The van der Waals surface area contributed by atoms with Crippen LogP contribution in [-0.2, 0) is 19.1 Å². The Bertz CT molecular complexity index is 821. The molecule has 1 aliphatic heterocycles. The van der Waals surface area contributed by atoms with E-state index < -0.39 is 36.5 Å². The molecule has 0 saturated carbocycles. The number of nitrogens with zero attached hydrogens (tertiary/aromatic N) is 2. The average Bonchev–Trinajstić information content (AvgIpc) is 3.16. The van der Waals surface area contributed by atoms with Crippen molar-refractivity contribution in [1.29, 1.82) is 0 Å². The van der Waals surface area contributed by atoms with Gasteiger partial charge in [-0.1, -0.05) is 130 Å². The lowest BCUT2D eigenvalue weighted by Gasteiger charge is -2.30. The molecule has 1 rings (SSSR count). The first-order valence-corrected chi connectivity index (χ1v) is 23.1. The van der Waals surface area contributed by atoms with E-state index in [2.05, 4.69) is 48.1 Å². The van der Waals surface area contributed by atoms with Gasteiger partial charge in [-0.15, -0.1) is 0 Å². The summed E-state index contributed by atoms with van der Waals surface area (Å²) in [5.74, 6) is -0.464. The number of hydrogen-bond donors (Lipinski definition) is 6. The summed E-state index contributed by atoms with van der Waals surface area (Å²) < 4.78 is 11.8. The van der Waals surface area contributed by atoms with Crippen molar-refractivity contribution in [2.45, 2.75) is 205 Å². The summed E-state index contributed by atoms with van der Waals surface area (Å²) in [6.07, 6.45) is 19.7. The topological polar surface area (TPSA) is 164 Å². The van der Waals surface area contributed by atoms with Gasteiger partial charge in [-0.2, -0.15) is 0 Å². The van der Waals surface area contributed by atoms with E-state index in [1.165, 1.54) is 25.7 Å². The number of nitrogens with one attached hydrogen (secondary N) is 2. The van der Waals surface area contributed by atoms with Gasteiger partial charge in [0.1, 0.15) is 12.1 Å². The highest BCUT2D eigenvalue weighted by molar-refractivity contribution is 5.96. The Hall–Kier alpha value is -1.38. The SMILES string of the molecule is CCCCCCC(O)CN(CCOCCC1NC(=O)C(CCOCCN(CC(O)CCCCCC)CC(O)CCCCCC)NC1=O)CC(O)CCCCCC. The number of carbonyl (C=O) groups is 2. The number of aliphatic hydroxyl groups excluding tert-OH is 4. The van der Waals surface area contributed by atoms with Gasteiger partial charge in [-0.25, -0.2) is 0 Å². The normalized spacial score (nSPS) is 18.3. The quantitative estimate of drug-likeness (QED) is 0.0423. The maximum atomic E-state index is 12.9. The van der Waals surface area contributed by atoms with E-state index in [9.17, 15) is 30.0 Å². The third kappa shape index (κ3) is 28.1. The van der Waals surface area contributed by atoms with Crippen LogP contribution in [0.5, 0.6) is 0 Å². The highest BCUT2D eigenvalue weighted by Crippen LogP contribution is 2.13. The summed E-state index contributed by atoms with van der Waals surface area (Å²) in [5.41, 5.74) is 0. The number of hydrogen-bond acceptors (Lipinski definition) is 10. The van der Waals surface area contributed by atoms with Crippen LogP contribution < -0.4 is 10.6 Å². The summed E-state index contributed by atoms with van der Waals surface area (Å²) in [7, 11) is 0. The zero-order chi connectivity index (χ0) is 41.2. The predicted molar refractivity (Wildman–Crippen MR) is 227 cm³/mol. The minimum Gasteiger partial charge on any atom is -0.392 e. The van der Waals surface area contributed by atoms with Gasteiger partial charge in [-0.05, 0) is 38.5 Å². The van der Waals surface area contributed by atoms with Crippen LogP contribution in [0.15, 0.2) is 0 Å². The van der Waals surface area contributed by atoms with Gasteiger partial charge in [0.25, 0.3) is 0 Å². The predicted octanol–water partition coefficient (Wildman–Crippen LogP) is 5.71. The highest BCUT2D eigenvalue weighted by Gasteiger charge is 2.33. The molecule has 6 unspecified atom stereocenters. The van der Waals surface area contributed by atoms with Crippen molar-refractivity contribution in [2.24, 2.45) is 0 Å². The summed E-state index contributed by atoms with van der Waals surface area (Å²) in [4.78, 5) is 30.0. The number of aliphatic hydroxyl groups is 4. The zero-order valence-electron chi connectivity index (χ0n) is 36.4. The molecule has 6 atom stereocenters. The molecule has 0 radical (unpaired) electrons. The molecule has 0 aromatic heterocycles. The Morgan fingerprint density at radius 1 is 0.464 bits per heavy atom. The molecule has 56 heavy (non-hydrogen) atoms. The first-order chi connectivity index (χ1) is 27.1. The third-order valence-corrected chi connectivity index (χ3v) is 10.9. The van der Waals surface area contributed by atoms with E-state index >= 15 is 0 Å². The van der Waals surface area contributed by atoms with E-state index in [4.69, 9.17) is 9.47 Å². The Labute approximate surface area is 342 Å². The van der Waals surface area contributed by atoms with Crippen LogP contribution >= 0.6 is 0 Å². The number of unbranched alkanes of at least 4 members (excludes halogenated alkanes) is 12. The summed E-state index contributed by atoms with van der Waals surface area (Å²) in [5, 5.41) is 48.4. The van der Waals surface area contributed by atoms with Gasteiger partial charge >= 0.3 is 0 Å². The molecule has 0 spiro atoms. The first kappa shape index (κ1) is 52.6. The van der Waals surface area contributed by atoms with Gasteiger partial charge < -0.3 is 40.5 Å². The fourth-order valence-corrected chi connectivity index (χ4v) is 7.37. The molecule has 2 amide bonds. The van der Waals surface area contributed by atoms with Crippen LogP contribution in [0.25, 0.3) is 0 Å². The zero-order valence-corrected chi connectivity index (χ0v) is 36.4.